The van der Waals surface area contributed by atoms with Gasteiger partial charge in [0.1, 0.15) is 17.6 Å². The van der Waals surface area contributed by atoms with Crippen molar-refractivity contribution in [3.63, 3.8) is 0 Å². The summed E-state index contributed by atoms with van der Waals surface area (Å²) < 4.78 is 13.2. The van der Waals surface area contributed by atoms with Crippen molar-refractivity contribution in [2.45, 2.75) is 37.8 Å². The minimum atomic E-state index is -1.06. The van der Waals surface area contributed by atoms with Crippen LogP contribution >= 0.6 is 0 Å². The van der Waals surface area contributed by atoms with Crippen molar-refractivity contribution in [1.82, 2.24) is 5.32 Å². The van der Waals surface area contributed by atoms with E-state index in [1.165, 1.54) is 6.07 Å². The fourth-order valence-corrected chi connectivity index (χ4v) is 2.40. The highest BCUT2D eigenvalue weighted by molar-refractivity contribution is 5.75. The lowest BCUT2D eigenvalue weighted by Gasteiger charge is -2.20. The van der Waals surface area contributed by atoms with Crippen molar-refractivity contribution >= 4 is 5.97 Å². The van der Waals surface area contributed by atoms with Crippen LogP contribution in [0.4, 0.5) is 4.39 Å². The van der Waals surface area contributed by atoms with Crippen LogP contribution in [0.2, 0.25) is 0 Å². The summed E-state index contributed by atoms with van der Waals surface area (Å²) in [7, 11) is 0. The molecule has 1 saturated carbocycles. The molecule has 0 amide bonds. The highest BCUT2D eigenvalue weighted by Gasteiger charge is 2.26. The second-order valence-electron chi connectivity index (χ2n) is 4.66. The number of phenols is 1. The number of hydrogen-bond donors (Lipinski definition) is 3. The number of nitrogens with one attached hydrogen (secondary N) is 1. The van der Waals surface area contributed by atoms with Crippen molar-refractivity contribution in [3.8, 4) is 5.75 Å². The van der Waals surface area contributed by atoms with Crippen LogP contribution in [-0.2, 0) is 4.79 Å². The fraction of sp³-hybridized carbons (Fsp3) is 0.462. The average molecular weight is 253 g/mol. The molecule has 1 aliphatic carbocycles. The molecule has 0 spiro atoms. The Hall–Kier alpha value is -1.62. The average Bonchev–Trinajstić information content (AvgIpc) is 2.76. The van der Waals surface area contributed by atoms with Crippen LogP contribution < -0.4 is 5.32 Å². The lowest BCUT2D eigenvalue weighted by Crippen LogP contribution is -2.35. The third kappa shape index (κ3) is 2.98. The van der Waals surface area contributed by atoms with E-state index in [-0.39, 0.29) is 17.4 Å². The van der Waals surface area contributed by atoms with E-state index in [1.807, 2.05) is 0 Å². The summed E-state index contributed by atoms with van der Waals surface area (Å²) in [6.07, 6.45) is 4.03. The van der Waals surface area contributed by atoms with E-state index < -0.39 is 17.8 Å². The maximum absolute atomic E-state index is 13.2. The molecule has 4 nitrogen and oxygen atoms in total. The standard InChI is InChI=1S/C13H16FNO3/c14-9-5-8(6-11(16)7-9)12(13(17)18)15-10-3-1-2-4-10/h5-7,10,12,15-16H,1-4H2,(H,17,18). The number of carbonyl (C=O) groups is 1. The molecule has 1 unspecified atom stereocenters. The third-order valence-electron chi connectivity index (χ3n) is 3.24. The molecule has 0 saturated heterocycles. The summed E-state index contributed by atoms with van der Waals surface area (Å²) >= 11 is 0. The Morgan fingerprint density at radius 1 is 1.33 bits per heavy atom. The minimum absolute atomic E-state index is 0.150. The number of aromatic hydroxyl groups is 1. The van der Waals surface area contributed by atoms with Crippen LogP contribution in [-0.4, -0.2) is 22.2 Å². The van der Waals surface area contributed by atoms with E-state index in [1.54, 1.807) is 0 Å². The Kier molecular flexibility index (Phi) is 3.81. The van der Waals surface area contributed by atoms with Crippen molar-refractivity contribution in [2.24, 2.45) is 0 Å². The molecule has 18 heavy (non-hydrogen) atoms. The van der Waals surface area contributed by atoms with E-state index in [9.17, 15) is 19.4 Å². The molecule has 0 bridgehead atoms. The van der Waals surface area contributed by atoms with Gasteiger partial charge in [-0.05, 0) is 30.5 Å². The highest BCUT2D eigenvalue weighted by Crippen LogP contribution is 2.25. The largest absolute Gasteiger partial charge is 0.508 e. The zero-order chi connectivity index (χ0) is 13.1. The molecule has 5 heteroatoms. The Labute approximate surface area is 104 Å². The van der Waals surface area contributed by atoms with E-state index in [0.29, 0.717) is 0 Å². The first kappa shape index (κ1) is 12.8. The topological polar surface area (TPSA) is 69.6 Å². The number of aliphatic carboxylic acids is 1. The zero-order valence-corrected chi connectivity index (χ0v) is 9.90. The maximum atomic E-state index is 13.2. The van der Waals surface area contributed by atoms with Crippen molar-refractivity contribution in [2.75, 3.05) is 0 Å². The number of rotatable bonds is 4. The molecular weight excluding hydrogens is 237 g/mol. The summed E-state index contributed by atoms with van der Waals surface area (Å²) in [5, 5.41) is 21.5. The van der Waals surface area contributed by atoms with Gasteiger partial charge in [-0.25, -0.2) is 4.39 Å². The summed E-state index contributed by atoms with van der Waals surface area (Å²) in [4.78, 5) is 11.2. The Morgan fingerprint density at radius 3 is 2.56 bits per heavy atom. The van der Waals surface area contributed by atoms with Crippen molar-refractivity contribution in [1.29, 1.82) is 0 Å². The van der Waals surface area contributed by atoms with E-state index >= 15 is 0 Å². The summed E-state index contributed by atoms with van der Waals surface area (Å²) in [5.41, 5.74) is 0.243. The van der Waals surface area contributed by atoms with Crippen molar-refractivity contribution < 1.29 is 19.4 Å². The Morgan fingerprint density at radius 2 is 2.00 bits per heavy atom. The smallest absolute Gasteiger partial charge is 0.325 e. The van der Waals surface area contributed by atoms with Gasteiger partial charge in [-0.3, -0.25) is 10.1 Å². The summed E-state index contributed by atoms with van der Waals surface area (Å²) in [5.74, 6) is -1.96. The molecule has 0 aliphatic heterocycles. The molecule has 1 aliphatic rings. The molecule has 1 aromatic carbocycles. The van der Waals surface area contributed by atoms with Crippen LogP contribution in [0.15, 0.2) is 18.2 Å². The summed E-state index contributed by atoms with van der Waals surface area (Å²) in [6.45, 7) is 0. The third-order valence-corrected chi connectivity index (χ3v) is 3.24. The van der Waals surface area contributed by atoms with Crippen LogP contribution in [0.5, 0.6) is 5.75 Å². The normalized spacial score (nSPS) is 17.8. The van der Waals surface area contributed by atoms with Crippen LogP contribution in [0.3, 0.4) is 0 Å². The number of carboxylic acid groups (broad SMARTS) is 1. The minimum Gasteiger partial charge on any atom is -0.508 e. The molecule has 98 valence electrons. The number of carboxylic acids is 1. The molecular formula is C13H16FNO3. The molecule has 3 N–H and O–H groups in total. The van der Waals surface area contributed by atoms with E-state index in [2.05, 4.69) is 5.32 Å². The van der Waals surface area contributed by atoms with Gasteiger partial charge >= 0.3 is 5.97 Å². The number of phenolic OH excluding ortho intramolecular Hbond substituents is 1. The number of benzene rings is 1. The first-order valence-corrected chi connectivity index (χ1v) is 6.04. The van der Waals surface area contributed by atoms with Crippen LogP contribution in [0, 0.1) is 5.82 Å². The number of hydrogen-bond acceptors (Lipinski definition) is 3. The van der Waals surface area contributed by atoms with Crippen LogP contribution in [0.1, 0.15) is 37.3 Å². The van der Waals surface area contributed by atoms with Gasteiger partial charge < -0.3 is 10.2 Å². The zero-order valence-electron chi connectivity index (χ0n) is 9.90. The second-order valence-corrected chi connectivity index (χ2v) is 4.66. The van der Waals surface area contributed by atoms with E-state index in [4.69, 9.17) is 0 Å². The first-order chi connectivity index (χ1) is 8.56. The molecule has 0 heterocycles. The van der Waals surface area contributed by atoms with Gasteiger partial charge in [0, 0.05) is 12.1 Å². The molecule has 1 aromatic rings. The number of halogens is 1. The molecule has 1 fully saturated rings. The van der Waals surface area contributed by atoms with Gasteiger partial charge in [-0.2, -0.15) is 0 Å². The van der Waals surface area contributed by atoms with Gasteiger partial charge in [-0.15, -0.1) is 0 Å². The quantitative estimate of drug-likeness (QED) is 0.769. The lowest BCUT2D eigenvalue weighted by atomic mass is 10.0. The molecule has 2 rings (SSSR count). The second kappa shape index (κ2) is 5.35. The highest BCUT2D eigenvalue weighted by atomic mass is 19.1. The van der Waals surface area contributed by atoms with Gasteiger partial charge in [0.05, 0.1) is 0 Å². The Balaban J connectivity index is 2.20. The van der Waals surface area contributed by atoms with Crippen molar-refractivity contribution in [3.05, 3.63) is 29.6 Å². The predicted molar refractivity (Wildman–Crippen MR) is 63.8 cm³/mol. The predicted octanol–water partition coefficient (Wildman–Crippen LogP) is 2.19. The van der Waals surface area contributed by atoms with Gasteiger partial charge in [0.15, 0.2) is 0 Å². The van der Waals surface area contributed by atoms with Gasteiger partial charge in [0.25, 0.3) is 0 Å². The van der Waals surface area contributed by atoms with Gasteiger partial charge in [0.2, 0.25) is 0 Å². The van der Waals surface area contributed by atoms with Crippen LogP contribution in [0.25, 0.3) is 0 Å². The molecule has 1 atom stereocenters. The molecule has 0 radical (unpaired) electrons. The SMILES string of the molecule is O=C(O)C(NC1CCCC1)c1cc(O)cc(F)c1. The maximum Gasteiger partial charge on any atom is 0.325 e. The Bertz CT molecular complexity index is 424. The van der Waals surface area contributed by atoms with E-state index in [0.717, 1.165) is 37.8 Å². The monoisotopic (exact) mass is 253 g/mol. The van der Waals surface area contributed by atoms with Gasteiger partial charge in [-0.1, -0.05) is 12.8 Å². The fourth-order valence-electron chi connectivity index (χ4n) is 2.40. The molecule has 0 aromatic heterocycles. The summed E-state index contributed by atoms with van der Waals surface area (Å²) in [6, 6.07) is 2.55. The first-order valence-electron chi connectivity index (χ1n) is 6.04. The lowest BCUT2D eigenvalue weighted by molar-refractivity contribution is -0.139.